The molecule has 0 radical (unpaired) electrons. The van der Waals surface area contributed by atoms with Crippen molar-refractivity contribution in [2.75, 3.05) is 0 Å². The average molecular weight is 259 g/mol. The van der Waals surface area contributed by atoms with Gasteiger partial charge in [0.2, 0.25) is 0 Å². The number of hydrogen-bond acceptors (Lipinski definition) is 2. The molecule has 0 saturated heterocycles. The molecule has 6 heteroatoms. The van der Waals surface area contributed by atoms with Crippen molar-refractivity contribution in [1.82, 2.24) is 9.97 Å². The van der Waals surface area contributed by atoms with E-state index in [0.29, 0.717) is 11.0 Å². The molecule has 12 heavy (non-hydrogen) atoms. The van der Waals surface area contributed by atoms with Gasteiger partial charge in [0.25, 0.3) is 6.43 Å². The molecule has 1 heterocycles. The van der Waals surface area contributed by atoms with Crippen LogP contribution in [0.2, 0.25) is 0 Å². The lowest BCUT2D eigenvalue weighted by Gasteiger charge is -2.01. The zero-order chi connectivity index (χ0) is 8.27. The van der Waals surface area contributed by atoms with E-state index in [1.807, 2.05) is 0 Å². The fourth-order valence-electron chi connectivity index (χ4n) is 0.663. The second-order valence-electron chi connectivity index (χ2n) is 1.82. The summed E-state index contributed by atoms with van der Waals surface area (Å²) < 4.78 is 24.2. The molecule has 68 valence electrons. The maximum Gasteiger partial charge on any atom is 0.282 e. The molecule has 0 atom stereocenters. The van der Waals surface area contributed by atoms with E-state index in [9.17, 15) is 8.78 Å². The fourth-order valence-corrected chi connectivity index (χ4v) is 1.09. The van der Waals surface area contributed by atoms with E-state index in [2.05, 4.69) is 25.9 Å². The Morgan fingerprint density at radius 2 is 1.92 bits per heavy atom. The molecule has 0 aromatic carbocycles. The lowest BCUT2D eigenvalue weighted by Crippen LogP contribution is -1.98. The third kappa shape index (κ3) is 2.64. The number of hydrogen-bond donors (Lipinski definition) is 0. The monoisotopic (exact) mass is 258 g/mol. The second-order valence-corrected chi connectivity index (χ2v) is 2.38. The third-order valence-electron chi connectivity index (χ3n) is 1.14. The SMILES string of the molecule is Cl.FC(F)c1nccnc1CBr. The Labute approximate surface area is 83.0 Å². The van der Waals surface area contributed by atoms with Crippen LogP contribution in [0.25, 0.3) is 0 Å². The fraction of sp³-hybridized carbons (Fsp3) is 0.333. The summed E-state index contributed by atoms with van der Waals surface area (Å²) in [4.78, 5) is 7.24. The summed E-state index contributed by atoms with van der Waals surface area (Å²) >= 11 is 3.04. The molecule has 0 N–H and O–H groups in total. The van der Waals surface area contributed by atoms with Crippen molar-refractivity contribution < 1.29 is 8.78 Å². The maximum absolute atomic E-state index is 12.1. The van der Waals surface area contributed by atoms with E-state index in [0.717, 1.165) is 0 Å². The van der Waals surface area contributed by atoms with E-state index in [4.69, 9.17) is 0 Å². The summed E-state index contributed by atoms with van der Waals surface area (Å²) in [6.07, 6.45) is 0.104. The van der Waals surface area contributed by atoms with Crippen molar-refractivity contribution >= 4 is 28.3 Å². The van der Waals surface area contributed by atoms with Gasteiger partial charge in [-0.1, -0.05) is 15.9 Å². The van der Waals surface area contributed by atoms with Crippen molar-refractivity contribution in [3.8, 4) is 0 Å². The van der Waals surface area contributed by atoms with E-state index < -0.39 is 6.43 Å². The molecule has 0 bridgehead atoms. The molecule has 1 rings (SSSR count). The molecule has 0 aliphatic heterocycles. The van der Waals surface area contributed by atoms with Crippen molar-refractivity contribution in [1.29, 1.82) is 0 Å². The quantitative estimate of drug-likeness (QED) is 0.763. The molecule has 0 spiro atoms. The van der Waals surface area contributed by atoms with Gasteiger partial charge in [0, 0.05) is 17.7 Å². The number of aromatic nitrogens is 2. The number of rotatable bonds is 2. The molecule has 0 fully saturated rings. The first kappa shape index (κ1) is 11.7. The Balaban J connectivity index is 0.00000121. The zero-order valence-electron chi connectivity index (χ0n) is 5.88. The number of halogens is 4. The Morgan fingerprint density at radius 3 is 2.33 bits per heavy atom. The summed E-state index contributed by atoms with van der Waals surface area (Å²) in [5.74, 6) is 0. The minimum absolute atomic E-state index is 0. The van der Waals surface area contributed by atoms with Crippen LogP contribution in [0, 0.1) is 0 Å². The smallest absolute Gasteiger partial charge is 0.257 e. The average Bonchev–Trinajstić information content (AvgIpc) is 2.04. The normalized spacial score (nSPS) is 9.67. The molecule has 0 unspecified atom stereocenters. The van der Waals surface area contributed by atoms with Gasteiger partial charge >= 0.3 is 0 Å². The van der Waals surface area contributed by atoms with Gasteiger partial charge in [0.05, 0.1) is 5.69 Å². The summed E-state index contributed by atoms with van der Waals surface area (Å²) in [5, 5.41) is 0.306. The molecule has 0 saturated carbocycles. The largest absolute Gasteiger partial charge is 0.282 e. The zero-order valence-corrected chi connectivity index (χ0v) is 8.28. The highest BCUT2D eigenvalue weighted by molar-refractivity contribution is 9.08. The number of alkyl halides is 3. The Kier molecular flexibility index (Phi) is 5.24. The molecular weight excluding hydrogens is 253 g/mol. The minimum Gasteiger partial charge on any atom is -0.257 e. The summed E-state index contributed by atoms with van der Waals surface area (Å²) in [6.45, 7) is 0. The van der Waals surface area contributed by atoms with Crippen LogP contribution >= 0.6 is 28.3 Å². The van der Waals surface area contributed by atoms with Crippen molar-refractivity contribution in [3.05, 3.63) is 23.8 Å². The van der Waals surface area contributed by atoms with E-state index in [1.165, 1.54) is 12.4 Å². The van der Waals surface area contributed by atoms with E-state index in [1.54, 1.807) is 0 Å². The topological polar surface area (TPSA) is 25.8 Å². The molecule has 0 amide bonds. The Bertz CT molecular complexity index is 247. The predicted octanol–water partition coefficient (Wildman–Crippen LogP) is 2.73. The molecule has 2 nitrogen and oxygen atoms in total. The molecule has 0 aliphatic rings. The maximum atomic E-state index is 12.1. The van der Waals surface area contributed by atoms with E-state index in [-0.39, 0.29) is 18.1 Å². The van der Waals surface area contributed by atoms with Gasteiger partial charge in [-0.15, -0.1) is 12.4 Å². The summed E-state index contributed by atoms with van der Waals surface area (Å²) in [6, 6.07) is 0. The predicted molar refractivity (Wildman–Crippen MR) is 46.9 cm³/mol. The second kappa shape index (κ2) is 5.37. The summed E-state index contributed by atoms with van der Waals surface area (Å²) in [7, 11) is 0. The first-order valence-electron chi connectivity index (χ1n) is 2.89. The minimum atomic E-state index is -2.55. The highest BCUT2D eigenvalue weighted by Crippen LogP contribution is 2.19. The molecular formula is C6H6BrClF2N2. The van der Waals surface area contributed by atoms with Crippen LogP contribution in [0.4, 0.5) is 8.78 Å². The highest BCUT2D eigenvalue weighted by Gasteiger charge is 2.13. The van der Waals surface area contributed by atoms with Crippen molar-refractivity contribution in [2.45, 2.75) is 11.8 Å². The van der Waals surface area contributed by atoms with Crippen molar-refractivity contribution in [3.63, 3.8) is 0 Å². The molecule has 1 aromatic heterocycles. The summed E-state index contributed by atoms with van der Waals surface area (Å²) in [5.41, 5.74) is 0.0480. The van der Waals surface area contributed by atoms with Crippen LogP contribution in [0.3, 0.4) is 0 Å². The molecule has 1 aromatic rings. The van der Waals surface area contributed by atoms with Gasteiger partial charge in [-0.25, -0.2) is 8.78 Å². The first-order chi connectivity index (χ1) is 5.25. The van der Waals surface area contributed by atoms with Gasteiger partial charge in [0.1, 0.15) is 5.69 Å². The third-order valence-corrected chi connectivity index (χ3v) is 1.67. The first-order valence-corrected chi connectivity index (χ1v) is 4.01. The van der Waals surface area contributed by atoms with Crippen LogP contribution in [0.1, 0.15) is 17.8 Å². The Morgan fingerprint density at radius 1 is 1.33 bits per heavy atom. The molecule has 0 aliphatic carbocycles. The Hall–Kier alpha value is -0.290. The van der Waals surface area contributed by atoms with Crippen LogP contribution in [0.5, 0.6) is 0 Å². The van der Waals surface area contributed by atoms with Gasteiger partial charge in [-0.3, -0.25) is 9.97 Å². The lowest BCUT2D eigenvalue weighted by atomic mass is 10.3. The number of nitrogens with zero attached hydrogens (tertiary/aromatic N) is 2. The highest BCUT2D eigenvalue weighted by atomic mass is 79.9. The van der Waals surface area contributed by atoms with Crippen molar-refractivity contribution in [2.24, 2.45) is 0 Å². The van der Waals surface area contributed by atoms with Gasteiger partial charge < -0.3 is 0 Å². The van der Waals surface area contributed by atoms with Crippen LogP contribution < -0.4 is 0 Å². The van der Waals surface area contributed by atoms with Gasteiger partial charge in [0.15, 0.2) is 0 Å². The van der Waals surface area contributed by atoms with Crippen LogP contribution in [-0.2, 0) is 5.33 Å². The van der Waals surface area contributed by atoms with Crippen LogP contribution in [-0.4, -0.2) is 9.97 Å². The van der Waals surface area contributed by atoms with Crippen LogP contribution in [0.15, 0.2) is 12.4 Å². The standard InChI is InChI=1S/C6H5BrF2N2.ClH/c7-3-4-5(6(8)9)11-2-1-10-4;/h1-2,6H,3H2;1H. The van der Waals surface area contributed by atoms with Gasteiger partial charge in [-0.05, 0) is 0 Å². The van der Waals surface area contributed by atoms with Gasteiger partial charge in [-0.2, -0.15) is 0 Å². The lowest BCUT2D eigenvalue weighted by molar-refractivity contribution is 0.144. The van der Waals surface area contributed by atoms with E-state index >= 15 is 0 Å².